The molecule has 2 aromatic carbocycles. The molecule has 0 heterocycles. The SMILES string of the molecule is O=C(NN=C1CCCCCC1)C(c1ccccc1)c1ccccc1. The van der Waals surface area contributed by atoms with Crippen molar-refractivity contribution < 1.29 is 4.79 Å². The molecular formula is C21H24N2O. The molecule has 1 saturated carbocycles. The molecule has 1 N–H and O–H groups in total. The van der Waals surface area contributed by atoms with Crippen molar-refractivity contribution in [2.75, 3.05) is 0 Å². The van der Waals surface area contributed by atoms with Gasteiger partial charge in [0.05, 0.1) is 5.92 Å². The van der Waals surface area contributed by atoms with Crippen molar-refractivity contribution in [1.29, 1.82) is 0 Å². The van der Waals surface area contributed by atoms with Crippen LogP contribution in [0.4, 0.5) is 0 Å². The van der Waals surface area contributed by atoms with Crippen molar-refractivity contribution >= 4 is 11.6 Å². The highest BCUT2D eigenvalue weighted by Crippen LogP contribution is 2.24. The zero-order chi connectivity index (χ0) is 16.6. The molecule has 1 aliphatic carbocycles. The van der Waals surface area contributed by atoms with Crippen LogP contribution in [-0.4, -0.2) is 11.6 Å². The van der Waals surface area contributed by atoms with E-state index in [1.54, 1.807) is 0 Å². The molecule has 3 rings (SSSR count). The third kappa shape index (κ3) is 4.31. The molecule has 3 heteroatoms. The first-order valence-electron chi connectivity index (χ1n) is 8.80. The highest BCUT2D eigenvalue weighted by molar-refractivity contribution is 5.90. The molecule has 0 aromatic heterocycles. The summed E-state index contributed by atoms with van der Waals surface area (Å²) < 4.78 is 0. The van der Waals surface area contributed by atoms with Crippen LogP contribution in [0.2, 0.25) is 0 Å². The number of carbonyl (C=O) groups is 1. The second-order valence-corrected chi connectivity index (χ2v) is 6.32. The molecular weight excluding hydrogens is 296 g/mol. The second kappa shape index (κ2) is 8.44. The van der Waals surface area contributed by atoms with Crippen LogP contribution in [0.5, 0.6) is 0 Å². The Morgan fingerprint density at radius 3 is 1.79 bits per heavy atom. The lowest BCUT2D eigenvalue weighted by atomic mass is 9.91. The van der Waals surface area contributed by atoms with E-state index in [9.17, 15) is 4.79 Å². The number of hydrogen-bond donors (Lipinski definition) is 1. The predicted octanol–water partition coefficient (Wildman–Crippen LogP) is 4.64. The van der Waals surface area contributed by atoms with Crippen molar-refractivity contribution in [1.82, 2.24) is 5.43 Å². The summed E-state index contributed by atoms with van der Waals surface area (Å²) in [7, 11) is 0. The minimum Gasteiger partial charge on any atom is -0.272 e. The van der Waals surface area contributed by atoms with E-state index in [1.165, 1.54) is 25.7 Å². The third-order valence-electron chi connectivity index (χ3n) is 4.53. The monoisotopic (exact) mass is 320 g/mol. The van der Waals surface area contributed by atoms with Gasteiger partial charge in [-0.15, -0.1) is 0 Å². The molecule has 0 saturated heterocycles. The summed E-state index contributed by atoms with van der Waals surface area (Å²) >= 11 is 0. The first-order chi connectivity index (χ1) is 11.8. The van der Waals surface area contributed by atoms with Gasteiger partial charge in [-0.2, -0.15) is 5.10 Å². The maximum absolute atomic E-state index is 12.9. The van der Waals surface area contributed by atoms with E-state index in [0.29, 0.717) is 0 Å². The number of hydrazone groups is 1. The molecule has 24 heavy (non-hydrogen) atoms. The van der Waals surface area contributed by atoms with Gasteiger partial charge in [-0.25, -0.2) is 5.43 Å². The number of amides is 1. The Balaban J connectivity index is 1.80. The van der Waals surface area contributed by atoms with E-state index in [1.807, 2.05) is 60.7 Å². The predicted molar refractivity (Wildman–Crippen MR) is 98.0 cm³/mol. The van der Waals surface area contributed by atoms with E-state index in [-0.39, 0.29) is 11.8 Å². The molecule has 0 bridgehead atoms. The number of carbonyl (C=O) groups excluding carboxylic acids is 1. The molecule has 3 nitrogen and oxygen atoms in total. The molecule has 1 fully saturated rings. The van der Waals surface area contributed by atoms with Crippen LogP contribution in [-0.2, 0) is 4.79 Å². The van der Waals surface area contributed by atoms with Gasteiger partial charge in [-0.3, -0.25) is 4.79 Å². The van der Waals surface area contributed by atoms with Gasteiger partial charge in [0.15, 0.2) is 0 Å². The van der Waals surface area contributed by atoms with Gasteiger partial charge in [-0.05, 0) is 36.8 Å². The van der Waals surface area contributed by atoms with Crippen LogP contribution in [0.15, 0.2) is 65.8 Å². The summed E-state index contributed by atoms with van der Waals surface area (Å²) in [6.45, 7) is 0. The standard InChI is InChI=1S/C21H24N2O/c24-21(23-22-19-15-9-1-2-10-16-19)20(17-11-5-3-6-12-17)18-13-7-4-8-14-18/h3-8,11-14,20H,1-2,9-10,15-16H2,(H,23,24). The Morgan fingerprint density at radius 1 is 0.792 bits per heavy atom. The lowest BCUT2D eigenvalue weighted by Crippen LogP contribution is -2.27. The zero-order valence-corrected chi connectivity index (χ0v) is 13.9. The van der Waals surface area contributed by atoms with Crippen molar-refractivity contribution in [2.24, 2.45) is 5.10 Å². The van der Waals surface area contributed by atoms with E-state index < -0.39 is 0 Å². The Labute approximate surface area is 143 Å². The molecule has 0 aliphatic heterocycles. The van der Waals surface area contributed by atoms with Crippen molar-refractivity contribution in [3.8, 4) is 0 Å². The summed E-state index contributed by atoms with van der Waals surface area (Å²) in [4.78, 5) is 12.9. The minimum atomic E-state index is -0.331. The number of nitrogens with one attached hydrogen (secondary N) is 1. The minimum absolute atomic E-state index is 0.0656. The van der Waals surface area contributed by atoms with Crippen LogP contribution in [0.25, 0.3) is 0 Å². The zero-order valence-electron chi connectivity index (χ0n) is 13.9. The Hall–Kier alpha value is -2.42. The molecule has 124 valence electrons. The normalized spacial score (nSPS) is 15.0. The van der Waals surface area contributed by atoms with Gasteiger partial charge in [0.2, 0.25) is 0 Å². The average Bonchev–Trinajstić information content (AvgIpc) is 2.91. The lowest BCUT2D eigenvalue weighted by molar-refractivity contribution is -0.121. The molecule has 0 spiro atoms. The summed E-state index contributed by atoms with van der Waals surface area (Å²) in [5.41, 5.74) is 5.93. The van der Waals surface area contributed by atoms with Gasteiger partial charge in [-0.1, -0.05) is 73.5 Å². The molecule has 0 radical (unpaired) electrons. The van der Waals surface area contributed by atoms with Gasteiger partial charge in [0, 0.05) is 5.71 Å². The highest BCUT2D eigenvalue weighted by atomic mass is 16.2. The molecule has 1 aliphatic rings. The Kier molecular flexibility index (Phi) is 5.78. The molecule has 0 atom stereocenters. The maximum atomic E-state index is 12.9. The van der Waals surface area contributed by atoms with E-state index >= 15 is 0 Å². The summed E-state index contributed by atoms with van der Waals surface area (Å²) in [6.07, 6.45) is 6.89. The van der Waals surface area contributed by atoms with E-state index in [2.05, 4.69) is 10.5 Å². The highest BCUT2D eigenvalue weighted by Gasteiger charge is 2.22. The quantitative estimate of drug-likeness (QED) is 0.647. The van der Waals surface area contributed by atoms with Gasteiger partial charge >= 0.3 is 0 Å². The van der Waals surface area contributed by atoms with Gasteiger partial charge in [0.1, 0.15) is 0 Å². The van der Waals surface area contributed by atoms with Crippen molar-refractivity contribution in [3.63, 3.8) is 0 Å². The molecule has 1 amide bonds. The largest absolute Gasteiger partial charge is 0.272 e. The van der Waals surface area contributed by atoms with Crippen LogP contribution < -0.4 is 5.43 Å². The third-order valence-corrected chi connectivity index (χ3v) is 4.53. The fourth-order valence-electron chi connectivity index (χ4n) is 3.23. The van der Waals surface area contributed by atoms with Crippen molar-refractivity contribution in [3.05, 3.63) is 71.8 Å². The fourth-order valence-corrected chi connectivity index (χ4v) is 3.23. The van der Waals surface area contributed by atoms with Gasteiger partial charge < -0.3 is 0 Å². The first kappa shape index (κ1) is 16.4. The van der Waals surface area contributed by atoms with Crippen LogP contribution >= 0.6 is 0 Å². The number of nitrogens with zero attached hydrogens (tertiary/aromatic N) is 1. The van der Waals surface area contributed by atoms with Gasteiger partial charge in [0.25, 0.3) is 5.91 Å². The Bertz CT molecular complexity index is 630. The van der Waals surface area contributed by atoms with E-state index in [4.69, 9.17) is 0 Å². The number of benzene rings is 2. The smallest absolute Gasteiger partial charge is 0.252 e. The fraction of sp³-hybridized carbons (Fsp3) is 0.333. The molecule has 0 unspecified atom stereocenters. The average molecular weight is 320 g/mol. The lowest BCUT2D eigenvalue weighted by Gasteiger charge is -2.16. The van der Waals surface area contributed by atoms with Crippen LogP contribution in [0.3, 0.4) is 0 Å². The Morgan fingerprint density at radius 2 is 1.29 bits per heavy atom. The number of hydrogen-bond acceptors (Lipinski definition) is 2. The van der Waals surface area contributed by atoms with Crippen LogP contribution in [0, 0.1) is 0 Å². The first-order valence-corrected chi connectivity index (χ1v) is 8.80. The topological polar surface area (TPSA) is 41.5 Å². The number of rotatable bonds is 4. The summed E-state index contributed by atoms with van der Waals surface area (Å²) in [6, 6.07) is 19.8. The maximum Gasteiger partial charge on any atom is 0.252 e. The summed E-state index contributed by atoms with van der Waals surface area (Å²) in [5, 5.41) is 4.43. The second-order valence-electron chi connectivity index (χ2n) is 6.32. The van der Waals surface area contributed by atoms with E-state index in [0.717, 1.165) is 29.7 Å². The molecule has 2 aromatic rings. The van der Waals surface area contributed by atoms with Crippen molar-refractivity contribution in [2.45, 2.75) is 44.4 Å². The van der Waals surface area contributed by atoms with Crippen LogP contribution in [0.1, 0.15) is 55.6 Å². The summed E-state index contributed by atoms with van der Waals surface area (Å²) in [5.74, 6) is -0.397.